The van der Waals surface area contributed by atoms with E-state index in [0.717, 1.165) is 24.4 Å². The van der Waals surface area contributed by atoms with Crippen molar-refractivity contribution in [3.63, 3.8) is 0 Å². The molecule has 3 aromatic rings. The molecule has 0 radical (unpaired) electrons. The van der Waals surface area contributed by atoms with Crippen molar-refractivity contribution in [3.05, 3.63) is 65.5 Å². The highest BCUT2D eigenvalue weighted by Gasteiger charge is 2.46. The monoisotopic (exact) mass is 379 g/mol. The molecule has 2 aromatic heterocycles. The molecule has 0 bridgehead atoms. The molecule has 3 heterocycles. The van der Waals surface area contributed by atoms with Crippen molar-refractivity contribution in [2.24, 2.45) is 0 Å². The number of pyridine rings is 1. The van der Waals surface area contributed by atoms with Gasteiger partial charge >= 0.3 is 5.97 Å². The highest BCUT2D eigenvalue weighted by Crippen LogP contribution is 2.44. The number of nitrogens with zero attached hydrogens (tertiary/aromatic N) is 3. The van der Waals surface area contributed by atoms with Crippen LogP contribution in [0.3, 0.4) is 0 Å². The molecule has 1 N–H and O–H groups in total. The molecule has 0 aliphatic carbocycles. The van der Waals surface area contributed by atoms with Crippen molar-refractivity contribution < 1.29 is 27.5 Å². The Morgan fingerprint density at radius 2 is 2.00 bits per heavy atom. The molecule has 1 saturated heterocycles. The summed E-state index contributed by atoms with van der Waals surface area (Å²) in [7, 11) is 0. The van der Waals surface area contributed by atoms with Crippen LogP contribution in [-0.2, 0) is 0 Å². The third-order valence-corrected chi connectivity index (χ3v) is 4.65. The van der Waals surface area contributed by atoms with Crippen LogP contribution in [0.1, 0.15) is 28.4 Å². The van der Waals surface area contributed by atoms with Gasteiger partial charge < -0.3 is 10.0 Å². The van der Waals surface area contributed by atoms with E-state index in [1.165, 1.54) is 27.7 Å². The minimum absolute atomic E-state index is 0.0868. The molecular weight excluding hydrogens is 366 g/mol. The zero-order valence-electron chi connectivity index (χ0n) is 13.7. The topological polar surface area (TPSA) is 57.8 Å². The summed E-state index contributed by atoms with van der Waals surface area (Å²) in [5.74, 6) is -5.81. The molecule has 1 aliphatic heterocycles. The maximum atomic E-state index is 14.2. The van der Waals surface area contributed by atoms with E-state index in [2.05, 4.69) is 5.10 Å². The number of rotatable bonds is 3. The Morgan fingerprint density at radius 1 is 1.22 bits per heavy atom. The average molecular weight is 379 g/mol. The highest BCUT2D eigenvalue weighted by molar-refractivity contribution is 5.95. The van der Waals surface area contributed by atoms with Gasteiger partial charge in [-0.1, -0.05) is 0 Å². The summed E-state index contributed by atoms with van der Waals surface area (Å²) in [6.07, 6.45) is 1.92. The number of anilines is 1. The van der Waals surface area contributed by atoms with Crippen LogP contribution in [0.15, 0.2) is 42.7 Å². The number of alkyl halides is 2. The van der Waals surface area contributed by atoms with E-state index in [-0.39, 0.29) is 22.3 Å². The van der Waals surface area contributed by atoms with Gasteiger partial charge in [-0.25, -0.2) is 26.9 Å². The minimum Gasteiger partial charge on any atom is -0.478 e. The molecule has 0 amide bonds. The molecule has 27 heavy (non-hydrogen) atoms. The lowest BCUT2D eigenvalue weighted by molar-refractivity contribution is 0.0222. The van der Waals surface area contributed by atoms with Crippen molar-refractivity contribution in [2.75, 3.05) is 11.4 Å². The first-order chi connectivity index (χ1) is 12.7. The predicted molar refractivity (Wildman–Crippen MR) is 88.2 cm³/mol. The van der Waals surface area contributed by atoms with E-state index in [1.807, 2.05) is 0 Å². The van der Waals surface area contributed by atoms with Gasteiger partial charge in [0.1, 0.15) is 17.2 Å². The standard InChI is InChI=1S/C18H13F4N3O2/c19-10-1-2-14(20)12(5-10)16-7-18(21,22)9-24(16)11-3-4-25-15(6-11)13(8-23-25)17(26)27/h1-6,8,16H,7,9H2,(H,26,27). The van der Waals surface area contributed by atoms with Crippen molar-refractivity contribution in [3.8, 4) is 0 Å². The highest BCUT2D eigenvalue weighted by atomic mass is 19.3. The van der Waals surface area contributed by atoms with Crippen LogP contribution in [-0.4, -0.2) is 33.2 Å². The number of fused-ring (bicyclic) bond motifs is 1. The number of halogens is 4. The Labute approximate surface area is 150 Å². The molecule has 0 spiro atoms. The lowest BCUT2D eigenvalue weighted by Crippen LogP contribution is -2.27. The van der Waals surface area contributed by atoms with Gasteiger partial charge in [-0.2, -0.15) is 5.10 Å². The van der Waals surface area contributed by atoms with Crippen LogP contribution < -0.4 is 4.90 Å². The fourth-order valence-electron chi connectivity index (χ4n) is 3.45. The van der Waals surface area contributed by atoms with E-state index in [0.29, 0.717) is 0 Å². The molecule has 9 heteroatoms. The van der Waals surface area contributed by atoms with E-state index in [9.17, 15) is 27.5 Å². The summed E-state index contributed by atoms with van der Waals surface area (Å²) < 4.78 is 57.4. The van der Waals surface area contributed by atoms with Gasteiger partial charge in [0, 0.05) is 23.9 Å². The lowest BCUT2D eigenvalue weighted by Gasteiger charge is -2.27. The Bertz CT molecular complexity index is 1050. The Kier molecular flexibility index (Phi) is 3.83. The summed E-state index contributed by atoms with van der Waals surface area (Å²) in [6.45, 7) is -0.694. The summed E-state index contributed by atoms with van der Waals surface area (Å²) in [5.41, 5.74) is 0.236. The summed E-state index contributed by atoms with van der Waals surface area (Å²) in [6, 6.07) is 4.54. The fourth-order valence-corrected chi connectivity index (χ4v) is 3.45. The molecule has 4 rings (SSSR count). The third-order valence-electron chi connectivity index (χ3n) is 4.65. The first kappa shape index (κ1) is 17.3. The number of hydrogen-bond donors (Lipinski definition) is 1. The number of carboxylic acids is 1. The molecular formula is C18H13F4N3O2. The van der Waals surface area contributed by atoms with Crippen LogP contribution >= 0.6 is 0 Å². The molecule has 1 aliphatic rings. The van der Waals surface area contributed by atoms with Crippen LogP contribution in [0, 0.1) is 11.6 Å². The van der Waals surface area contributed by atoms with Gasteiger partial charge in [-0.15, -0.1) is 0 Å². The van der Waals surface area contributed by atoms with Gasteiger partial charge in [0.15, 0.2) is 0 Å². The van der Waals surface area contributed by atoms with Gasteiger partial charge in [-0.3, -0.25) is 0 Å². The number of carboxylic acid groups (broad SMARTS) is 1. The Hall–Kier alpha value is -3.10. The normalized spacial score (nSPS) is 19.0. The smallest absolute Gasteiger partial charge is 0.339 e. The molecule has 0 saturated carbocycles. The first-order valence-electron chi connectivity index (χ1n) is 8.05. The predicted octanol–water partition coefficient (Wildman–Crippen LogP) is 3.90. The Morgan fingerprint density at radius 3 is 2.74 bits per heavy atom. The molecule has 1 unspecified atom stereocenters. The van der Waals surface area contributed by atoms with Gasteiger partial charge in [-0.05, 0) is 30.3 Å². The average Bonchev–Trinajstić information content (AvgIpc) is 3.17. The van der Waals surface area contributed by atoms with Crippen LogP contribution in [0.5, 0.6) is 0 Å². The Balaban J connectivity index is 1.82. The molecule has 1 atom stereocenters. The summed E-state index contributed by atoms with van der Waals surface area (Å²) in [5, 5.41) is 13.1. The van der Waals surface area contributed by atoms with E-state index in [4.69, 9.17) is 0 Å². The molecule has 1 aromatic carbocycles. The van der Waals surface area contributed by atoms with Gasteiger partial charge in [0.2, 0.25) is 0 Å². The van der Waals surface area contributed by atoms with Crippen molar-refractivity contribution in [2.45, 2.75) is 18.4 Å². The van der Waals surface area contributed by atoms with Gasteiger partial charge in [0.05, 0.1) is 24.3 Å². The van der Waals surface area contributed by atoms with Crippen LogP contribution in [0.25, 0.3) is 5.52 Å². The maximum Gasteiger partial charge on any atom is 0.339 e. The van der Waals surface area contributed by atoms with Crippen LogP contribution in [0.4, 0.5) is 23.2 Å². The number of aromatic nitrogens is 2. The van der Waals surface area contributed by atoms with E-state index < -0.39 is 42.5 Å². The number of carbonyl (C=O) groups is 1. The summed E-state index contributed by atoms with van der Waals surface area (Å²) in [4.78, 5) is 12.6. The lowest BCUT2D eigenvalue weighted by atomic mass is 10.0. The quantitative estimate of drug-likeness (QED) is 0.702. The largest absolute Gasteiger partial charge is 0.478 e. The van der Waals surface area contributed by atoms with Crippen molar-refractivity contribution >= 4 is 17.2 Å². The SMILES string of the molecule is O=C(O)c1cnn2ccc(N3CC(F)(F)CC3c3cc(F)ccc3F)cc12. The first-order valence-corrected chi connectivity index (χ1v) is 8.05. The molecule has 1 fully saturated rings. The maximum absolute atomic E-state index is 14.2. The van der Waals surface area contributed by atoms with Crippen molar-refractivity contribution in [1.82, 2.24) is 9.61 Å². The second-order valence-corrected chi connectivity index (χ2v) is 6.45. The van der Waals surface area contributed by atoms with E-state index in [1.54, 1.807) is 0 Å². The number of benzene rings is 1. The second-order valence-electron chi connectivity index (χ2n) is 6.45. The number of aromatic carboxylic acids is 1. The van der Waals surface area contributed by atoms with E-state index >= 15 is 0 Å². The number of hydrogen-bond acceptors (Lipinski definition) is 3. The molecule has 140 valence electrons. The van der Waals surface area contributed by atoms with Crippen LogP contribution in [0.2, 0.25) is 0 Å². The zero-order chi connectivity index (χ0) is 19.3. The fraction of sp³-hybridized carbons (Fsp3) is 0.222. The zero-order valence-corrected chi connectivity index (χ0v) is 13.7. The minimum atomic E-state index is -3.11. The van der Waals surface area contributed by atoms with Crippen molar-refractivity contribution in [1.29, 1.82) is 0 Å². The second kappa shape index (κ2) is 5.97. The summed E-state index contributed by atoms with van der Waals surface area (Å²) >= 11 is 0. The van der Waals surface area contributed by atoms with Gasteiger partial charge in [0.25, 0.3) is 5.92 Å². The molecule has 5 nitrogen and oxygen atoms in total. The third kappa shape index (κ3) is 2.98.